The number of carbonyl (C=O) groups is 1. The minimum Gasteiger partial charge on any atom is -0.508 e. The Labute approximate surface area is 170 Å². The third kappa shape index (κ3) is 5.43. The van der Waals surface area contributed by atoms with E-state index in [-0.39, 0.29) is 28.7 Å². The molecular weight excluding hydrogens is 388 g/mol. The van der Waals surface area contributed by atoms with Gasteiger partial charge in [-0.2, -0.15) is 0 Å². The summed E-state index contributed by atoms with van der Waals surface area (Å²) in [6.07, 6.45) is 0. The summed E-state index contributed by atoms with van der Waals surface area (Å²) in [6.45, 7) is 2.03. The van der Waals surface area contributed by atoms with Crippen LogP contribution < -0.4 is 10.0 Å². The minimum absolute atomic E-state index is 0.0255. The van der Waals surface area contributed by atoms with Crippen molar-refractivity contribution >= 4 is 15.9 Å². The van der Waals surface area contributed by atoms with Crippen LogP contribution in [0.3, 0.4) is 0 Å². The molecule has 150 valence electrons. The van der Waals surface area contributed by atoms with Gasteiger partial charge in [-0.15, -0.1) is 0 Å². The summed E-state index contributed by atoms with van der Waals surface area (Å²) in [4.78, 5) is 12.5. The Hall–Kier alpha value is -3.16. The van der Waals surface area contributed by atoms with E-state index in [1.807, 2.05) is 30.3 Å². The maximum Gasteiger partial charge on any atom is 0.251 e. The van der Waals surface area contributed by atoms with Crippen LogP contribution in [-0.4, -0.2) is 19.4 Å². The lowest BCUT2D eigenvalue weighted by Crippen LogP contribution is -2.27. The van der Waals surface area contributed by atoms with Gasteiger partial charge in [-0.25, -0.2) is 13.1 Å². The quantitative estimate of drug-likeness (QED) is 0.557. The molecule has 0 radical (unpaired) electrons. The third-order valence-corrected chi connectivity index (χ3v) is 5.97. The van der Waals surface area contributed by atoms with E-state index < -0.39 is 16.1 Å². The van der Waals surface area contributed by atoms with Crippen molar-refractivity contribution in [2.24, 2.45) is 0 Å². The molecule has 6 nitrogen and oxygen atoms in total. The SMILES string of the molecule is CC(NS(=O)(=O)c1cccc(C(=O)NCc2ccc(O)cc2)c1)c1ccccc1. The number of phenolic OH excluding ortho intramolecular Hbond substituents is 1. The number of benzene rings is 3. The number of amides is 1. The van der Waals surface area contributed by atoms with Crippen LogP contribution in [0.1, 0.15) is 34.5 Å². The number of nitrogens with one attached hydrogen (secondary N) is 2. The van der Waals surface area contributed by atoms with E-state index in [1.54, 1.807) is 25.1 Å². The van der Waals surface area contributed by atoms with E-state index in [4.69, 9.17) is 0 Å². The summed E-state index contributed by atoms with van der Waals surface area (Å²) in [5.41, 5.74) is 1.91. The summed E-state index contributed by atoms with van der Waals surface area (Å²) in [5.74, 6) is -0.235. The molecule has 29 heavy (non-hydrogen) atoms. The molecule has 0 spiro atoms. The van der Waals surface area contributed by atoms with Gasteiger partial charge in [0.2, 0.25) is 10.0 Å². The molecular formula is C22H22N2O4S. The molecule has 0 aromatic heterocycles. The molecule has 0 saturated heterocycles. The molecule has 0 heterocycles. The van der Waals surface area contributed by atoms with Gasteiger partial charge in [0.25, 0.3) is 5.91 Å². The molecule has 1 unspecified atom stereocenters. The molecule has 0 aliphatic carbocycles. The lowest BCUT2D eigenvalue weighted by atomic mass is 10.1. The lowest BCUT2D eigenvalue weighted by Gasteiger charge is -2.15. The highest BCUT2D eigenvalue weighted by Crippen LogP contribution is 2.18. The number of aromatic hydroxyl groups is 1. The summed E-state index contributed by atoms with van der Waals surface area (Å²) in [7, 11) is -3.79. The number of hydrogen-bond donors (Lipinski definition) is 3. The van der Waals surface area contributed by atoms with Crippen LogP contribution in [0.5, 0.6) is 5.75 Å². The molecule has 1 amide bonds. The van der Waals surface area contributed by atoms with Crippen molar-refractivity contribution in [1.82, 2.24) is 10.0 Å². The fraction of sp³-hybridized carbons (Fsp3) is 0.136. The van der Waals surface area contributed by atoms with Gasteiger partial charge >= 0.3 is 0 Å². The number of rotatable bonds is 7. The summed E-state index contributed by atoms with van der Waals surface area (Å²) in [6, 6.07) is 21.2. The Balaban J connectivity index is 1.70. The Bertz CT molecular complexity index is 1080. The lowest BCUT2D eigenvalue weighted by molar-refractivity contribution is 0.0950. The minimum atomic E-state index is -3.79. The van der Waals surface area contributed by atoms with Crippen LogP contribution in [0.4, 0.5) is 0 Å². The Kier molecular flexibility index (Phi) is 6.31. The highest BCUT2D eigenvalue weighted by Gasteiger charge is 2.19. The fourth-order valence-corrected chi connectivity index (χ4v) is 4.09. The summed E-state index contributed by atoms with van der Waals surface area (Å²) < 4.78 is 28.1. The zero-order chi connectivity index (χ0) is 20.9. The van der Waals surface area contributed by atoms with Crippen LogP contribution in [0.2, 0.25) is 0 Å². The normalized spacial score (nSPS) is 12.3. The highest BCUT2D eigenvalue weighted by molar-refractivity contribution is 7.89. The van der Waals surface area contributed by atoms with Gasteiger partial charge in [-0.1, -0.05) is 48.5 Å². The van der Waals surface area contributed by atoms with Crippen LogP contribution in [0.15, 0.2) is 83.8 Å². The first-order chi connectivity index (χ1) is 13.8. The molecule has 0 aliphatic rings. The van der Waals surface area contributed by atoms with Crippen molar-refractivity contribution < 1.29 is 18.3 Å². The number of phenols is 1. The molecule has 1 atom stereocenters. The van der Waals surface area contributed by atoms with Gasteiger partial charge < -0.3 is 10.4 Å². The average molecular weight is 410 g/mol. The van der Waals surface area contributed by atoms with Crippen LogP contribution in [0.25, 0.3) is 0 Å². The molecule has 0 fully saturated rings. The van der Waals surface area contributed by atoms with Gasteiger partial charge in [0.1, 0.15) is 5.75 Å². The summed E-state index contributed by atoms with van der Waals surface area (Å²) in [5, 5.41) is 12.0. The van der Waals surface area contributed by atoms with Gasteiger partial charge in [0, 0.05) is 18.2 Å². The molecule has 7 heteroatoms. The monoisotopic (exact) mass is 410 g/mol. The largest absolute Gasteiger partial charge is 0.508 e. The van der Waals surface area contributed by atoms with E-state index in [9.17, 15) is 18.3 Å². The van der Waals surface area contributed by atoms with Crippen molar-refractivity contribution in [3.8, 4) is 5.75 Å². The van der Waals surface area contributed by atoms with Gasteiger partial charge in [0.05, 0.1) is 4.90 Å². The van der Waals surface area contributed by atoms with Crippen LogP contribution in [-0.2, 0) is 16.6 Å². The van der Waals surface area contributed by atoms with E-state index in [0.29, 0.717) is 0 Å². The van der Waals surface area contributed by atoms with Crippen molar-refractivity contribution in [3.63, 3.8) is 0 Å². The van der Waals surface area contributed by atoms with Gasteiger partial charge in [0.15, 0.2) is 0 Å². The van der Waals surface area contributed by atoms with Crippen molar-refractivity contribution in [3.05, 3.63) is 95.6 Å². The topological polar surface area (TPSA) is 95.5 Å². The Morgan fingerprint density at radius 1 is 0.966 bits per heavy atom. The smallest absolute Gasteiger partial charge is 0.251 e. The summed E-state index contributed by atoms with van der Waals surface area (Å²) >= 11 is 0. The first kappa shape index (κ1) is 20.6. The molecule has 3 aromatic rings. The van der Waals surface area contributed by atoms with Gasteiger partial charge in [-0.05, 0) is 48.4 Å². The number of hydrogen-bond acceptors (Lipinski definition) is 4. The van der Waals surface area contributed by atoms with E-state index in [1.165, 1.54) is 30.3 Å². The molecule has 3 aromatic carbocycles. The maximum atomic E-state index is 12.7. The molecule has 3 N–H and O–H groups in total. The zero-order valence-electron chi connectivity index (χ0n) is 15.9. The number of carbonyl (C=O) groups excluding carboxylic acids is 1. The standard InChI is InChI=1S/C22H22N2O4S/c1-16(18-6-3-2-4-7-18)24-29(27,28)21-9-5-8-19(14-21)22(26)23-15-17-10-12-20(25)13-11-17/h2-14,16,24-25H,15H2,1H3,(H,23,26). The van der Waals surface area contributed by atoms with E-state index in [0.717, 1.165) is 11.1 Å². The second-order valence-electron chi connectivity index (χ2n) is 6.63. The van der Waals surface area contributed by atoms with Crippen molar-refractivity contribution in [1.29, 1.82) is 0 Å². The van der Waals surface area contributed by atoms with Crippen LogP contribution in [0, 0.1) is 0 Å². The first-order valence-corrected chi connectivity index (χ1v) is 10.6. The van der Waals surface area contributed by atoms with Crippen LogP contribution >= 0.6 is 0 Å². The molecule has 0 saturated carbocycles. The maximum absolute atomic E-state index is 12.7. The van der Waals surface area contributed by atoms with E-state index in [2.05, 4.69) is 10.0 Å². The predicted octanol–water partition coefficient (Wildman–Crippen LogP) is 3.36. The number of sulfonamides is 1. The zero-order valence-corrected chi connectivity index (χ0v) is 16.7. The van der Waals surface area contributed by atoms with Crippen molar-refractivity contribution in [2.75, 3.05) is 0 Å². The highest BCUT2D eigenvalue weighted by atomic mass is 32.2. The fourth-order valence-electron chi connectivity index (χ4n) is 2.81. The Morgan fingerprint density at radius 2 is 1.66 bits per heavy atom. The molecule has 3 rings (SSSR count). The first-order valence-electron chi connectivity index (χ1n) is 9.08. The van der Waals surface area contributed by atoms with E-state index >= 15 is 0 Å². The molecule has 0 bridgehead atoms. The molecule has 0 aliphatic heterocycles. The van der Waals surface area contributed by atoms with Crippen molar-refractivity contribution in [2.45, 2.75) is 24.4 Å². The second kappa shape index (κ2) is 8.89. The predicted molar refractivity (Wildman–Crippen MR) is 111 cm³/mol. The van der Waals surface area contributed by atoms with Gasteiger partial charge in [-0.3, -0.25) is 4.79 Å². The second-order valence-corrected chi connectivity index (χ2v) is 8.34. The average Bonchev–Trinajstić information content (AvgIpc) is 2.73. The Morgan fingerprint density at radius 3 is 2.34 bits per heavy atom. The third-order valence-electron chi connectivity index (χ3n) is 4.43.